The van der Waals surface area contributed by atoms with Crippen LogP contribution in [0.25, 0.3) is 22.4 Å². The summed E-state index contributed by atoms with van der Waals surface area (Å²) in [6.07, 6.45) is 0. The molecule has 0 N–H and O–H groups in total. The molecule has 0 fully saturated rings. The first-order valence-electron chi connectivity index (χ1n) is 6.43. The molecule has 3 aromatic rings. The van der Waals surface area contributed by atoms with Crippen molar-refractivity contribution in [1.82, 2.24) is 4.98 Å². The number of nitrogens with zero attached hydrogens (tertiary/aromatic N) is 1. The summed E-state index contributed by atoms with van der Waals surface area (Å²) in [5.74, 6) is -0.137. The molecule has 0 aliphatic heterocycles. The van der Waals surface area contributed by atoms with Crippen molar-refractivity contribution in [1.29, 1.82) is 0 Å². The molecule has 6 heteroatoms. The van der Waals surface area contributed by atoms with E-state index in [4.69, 9.17) is 20.8 Å². The molecule has 3 rings (SSSR count). The van der Waals surface area contributed by atoms with Crippen LogP contribution in [-0.4, -0.2) is 11.0 Å². The number of carbonyl (C=O) groups is 1. The van der Waals surface area contributed by atoms with Crippen molar-refractivity contribution in [3.8, 4) is 17.2 Å². The van der Waals surface area contributed by atoms with Gasteiger partial charge in [-0.3, -0.25) is 4.79 Å². The molecule has 0 aliphatic carbocycles. The number of ether oxygens (including phenoxy) is 1. The standard InChI is InChI=1S/C16H10ClNO4/c1-9(19)21-13-8-3-2-5-10(13)15-18-12-7-4-6-11(17)14(12)16(20)22-15/h2-8H,1H3. The van der Waals surface area contributed by atoms with Gasteiger partial charge in [0.2, 0.25) is 5.89 Å². The van der Waals surface area contributed by atoms with Crippen LogP contribution < -0.4 is 10.4 Å². The summed E-state index contributed by atoms with van der Waals surface area (Å²) in [5.41, 5.74) is 0.233. The number of halogens is 1. The zero-order valence-corrected chi connectivity index (χ0v) is 12.3. The second kappa shape index (κ2) is 5.61. The summed E-state index contributed by atoms with van der Waals surface area (Å²) in [7, 11) is 0. The second-order valence-electron chi connectivity index (χ2n) is 4.53. The van der Waals surface area contributed by atoms with Gasteiger partial charge in [0.05, 0.1) is 16.1 Å². The van der Waals surface area contributed by atoms with E-state index in [1.165, 1.54) is 6.92 Å². The zero-order valence-electron chi connectivity index (χ0n) is 11.5. The largest absolute Gasteiger partial charge is 0.426 e. The van der Waals surface area contributed by atoms with Crippen molar-refractivity contribution in [3.63, 3.8) is 0 Å². The summed E-state index contributed by atoms with van der Waals surface area (Å²) in [6, 6.07) is 11.6. The van der Waals surface area contributed by atoms with Crippen LogP contribution in [-0.2, 0) is 4.79 Å². The third-order valence-corrected chi connectivity index (χ3v) is 3.29. The summed E-state index contributed by atoms with van der Waals surface area (Å²) < 4.78 is 10.3. The van der Waals surface area contributed by atoms with Crippen LogP contribution in [0.5, 0.6) is 5.75 Å². The van der Waals surface area contributed by atoms with Crippen LogP contribution in [0.4, 0.5) is 0 Å². The normalized spacial score (nSPS) is 10.6. The van der Waals surface area contributed by atoms with Gasteiger partial charge >= 0.3 is 11.6 Å². The van der Waals surface area contributed by atoms with Gasteiger partial charge in [0.25, 0.3) is 0 Å². The number of rotatable bonds is 2. The molecule has 1 heterocycles. The van der Waals surface area contributed by atoms with E-state index in [-0.39, 0.29) is 22.0 Å². The molecule has 0 saturated heterocycles. The van der Waals surface area contributed by atoms with E-state index in [0.717, 1.165) is 0 Å². The summed E-state index contributed by atoms with van der Waals surface area (Å²) in [5, 5.41) is 0.497. The third-order valence-electron chi connectivity index (χ3n) is 2.98. The van der Waals surface area contributed by atoms with Crippen molar-refractivity contribution >= 4 is 28.5 Å². The lowest BCUT2D eigenvalue weighted by Gasteiger charge is -2.07. The Hall–Kier alpha value is -2.66. The topological polar surface area (TPSA) is 69.4 Å². The molecule has 1 aromatic heterocycles. The number of fused-ring (bicyclic) bond motifs is 1. The average molecular weight is 316 g/mol. The number of hydrogen-bond donors (Lipinski definition) is 0. The van der Waals surface area contributed by atoms with E-state index in [0.29, 0.717) is 11.1 Å². The Bertz CT molecular complexity index is 933. The number of hydrogen-bond acceptors (Lipinski definition) is 5. The van der Waals surface area contributed by atoms with Crippen molar-refractivity contribution in [2.45, 2.75) is 6.92 Å². The van der Waals surface area contributed by atoms with Gasteiger partial charge in [0, 0.05) is 6.92 Å². The Balaban J connectivity index is 2.24. The molecule has 0 spiro atoms. The second-order valence-corrected chi connectivity index (χ2v) is 4.94. The Morgan fingerprint density at radius 1 is 1.18 bits per heavy atom. The first-order valence-corrected chi connectivity index (χ1v) is 6.81. The number of benzene rings is 2. The van der Waals surface area contributed by atoms with Gasteiger partial charge in [-0.05, 0) is 24.3 Å². The average Bonchev–Trinajstić information content (AvgIpc) is 2.47. The van der Waals surface area contributed by atoms with E-state index in [1.54, 1.807) is 42.5 Å². The summed E-state index contributed by atoms with van der Waals surface area (Å²) in [4.78, 5) is 27.6. The van der Waals surface area contributed by atoms with E-state index >= 15 is 0 Å². The fraction of sp³-hybridized carbons (Fsp3) is 0.0625. The van der Waals surface area contributed by atoms with Crippen LogP contribution >= 0.6 is 11.6 Å². The highest BCUT2D eigenvalue weighted by Gasteiger charge is 2.15. The molecule has 0 unspecified atom stereocenters. The van der Waals surface area contributed by atoms with Crippen LogP contribution in [0.2, 0.25) is 5.02 Å². The van der Waals surface area contributed by atoms with Gasteiger partial charge < -0.3 is 9.15 Å². The van der Waals surface area contributed by atoms with Crippen LogP contribution in [0.1, 0.15) is 6.92 Å². The third kappa shape index (κ3) is 2.58. The molecular weight excluding hydrogens is 306 g/mol. The zero-order chi connectivity index (χ0) is 15.7. The van der Waals surface area contributed by atoms with Gasteiger partial charge in [0.15, 0.2) is 0 Å². The Morgan fingerprint density at radius 3 is 2.73 bits per heavy atom. The van der Waals surface area contributed by atoms with Crippen LogP contribution in [0.3, 0.4) is 0 Å². The van der Waals surface area contributed by atoms with E-state index in [9.17, 15) is 9.59 Å². The van der Waals surface area contributed by atoms with Crippen molar-refractivity contribution in [3.05, 3.63) is 57.9 Å². The Labute approximate surface area is 130 Å². The SMILES string of the molecule is CC(=O)Oc1ccccc1-c1nc2cccc(Cl)c2c(=O)o1. The van der Waals surface area contributed by atoms with Crippen LogP contribution in [0.15, 0.2) is 51.7 Å². The molecule has 0 bridgehead atoms. The number of aromatic nitrogens is 1. The Morgan fingerprint density at radius 2 is 1.95 bits per heavy atom. The molecule has 0 radical (unpaired) electrons. The number of para-hydroxylation sites is 1. The van der Waals surface area contributed by atoms with Gasteiger partial charge in [-0.1, -0.05) is 29.8 Å². The summed E-state index contributed by atoms with van der Waals surface area (Å²) in [6.45, 7) is 1.29. The lowest BCUT2D eigenvalue weighted by molar-refractivity contribution is -0.131. The van der Waals surface area contributed by atoms with Crippen molar-refractivity contribution in [2.75, 3.05) is 0 Å². The maximum Gasteiger partial charge on any atom is 0.348 e. The van der Waals surface area contributed by atoms with E-state index < -0.39 is 11.6 Å². The van der Waals surface area contributed by atoms with Crippen LogP contribution in [0, 0.1) is 0 Å². The Kier molecular flexibility index (Phi) is 3.65. The van der Waals surface area contributed by atoms with E-state index in [2.05, 4.69) is 4.98 Å². The highest BCUT2D eigenvalue weighted by atomic mass is 35.5. The highest BCUT2D eigenvalue weighted by Crippen LogP contribution is 2.29. The minimum absolute atomic E-state index is 0.0663. The van der Waals surface area contributed by atoms with Gasteiger partial charge in [-0.2, -0.15) is 0 Å². The maximum absolute atomic E-state index is 12.1. The molecule has 0 amide bonds. The fourth-order valence-electron chi connectivity index (χ4n) is 2.08. The molecule has 5 nitrogen and oxygen atoms in total. The minimum Gasteiger partial charge on any atom is -0.426 e. The predicted molar refractivity (Wildman–Crippen MR) is 82.0 cm³/mol. The monoisotopic (exact) mass is 315 g/mol. The van der Waals surface area contributed by atoms with Crippen molar-refractivity contribution < 1.29 is 13.9 Å². The number of carbonyl (C=O) groups excluding carboxylic acids is 1. The quantitative estimate of drug-likeness (QED) is 0.535. The molecule has 110 valence electrons. The van der Waals surface area contributed by atoms with Gasteiger partial charge in [-0.15, -0.1) is 0 Å². The molecular formula is C16H10ClNO4. The summed E-state index contributed by atoms with van der Waals surface area (Å²) >= 11 is 5.99. The molecule has 2 aromatic carbocycles. The molecule has 0 saturated carbocycles. The predicted octanol–water partition coefficient (Wildman–Crippen LogP) is 3.43. The lowest BCUT2D eigenvalue weighted by Crippen LogP contribution is -2.06. The first kappa shape index (κ1) is 14.3. The van der Waals surface area contributed by atoms with Gasteiger partial charge in [0.1, 0.15) is 11.1 Å². The maximum atomic E-state index is 12.1. The molecule has 0 aliphatic rings. The molecule has 0 atom stereocenters. The number of esters is 1. The minimum atomic E-state index is -0.594. The lowest BCUT2D eigenvalue weighted by atomic mass is 10.2. The van der Waals surface area contributed by atoms with Crippen molar-refractivity contribution in [2.24, 2.45) is 0 Å². The first-order chi connectivity index (χ1) is 10.6. The van der Waals surface area contributed by atoms with Gasteiger partial charge in [-0.25, -0.2) is 9.78 Å². The molecule has 22 heavy (non-hydrogen) atoms. The smallest absolute Gasteiger partial charge is 0.348 e. The fourth-order valence-corrected chi connectivity index (χ4v) is 2.33. The van der Waals surface area contributed by atoms with E-state index in [1.807, 2.05) is 0 Å². The highest BCUT2D eigenvalue weighted by molar-refractivity contribution is 6.35.